The molecule has 1 aliphatic rings. The Kier molecular flexibility index (Phi) is 11.2. The first-order valence-electron chi connectivity index (χ1n) is 5.33. The maximum atomic E-state index is 9.87. The van der Waals surface area contributed by atoms with Crippen LogP contribution in [0.2, 0.25) is 0 Å². The minimum absolute atomic E-state index is 0. The fourth-order valence-electron chi connectivity index (χ4n) is 1.34. The molecule has 1 rings (SSSR count). The van der Waals surface area contributed by atoms with Crippen molar-refractivity contribution in [1.82, 2.24) is 0 Å². The van der Waals surface area contributed by atoms with Gasteiger partial charge in [-0.3, -0.25) is 4.79 Å². The fraction of sp³-hybridized carbons (Fsp3) is 0.636. The molecule has 1 aliphatic carbocycles. The Morgan fingerprint density at radius 2 is 1.50 bits per heavy atom. The summed E-state index contributed by atoms with van der Waals surface area (Å²) in [5, 5.41) is 16.0. The molecule has 2 unspecified atom stereocenters. The van der Waals surface area contributed by atoms with Gasteiger partial charge in [-0.25, -0.2) is 0 Å². The molecule has 1 saturated carbocycles. The van der Waals surface area contributed by atoms with Crippen LogP contribution in [0.1, 0.15) is 32.6 Å². The van der Waals surface area contributed by atoms with Gasteiger partial charge in [0.1, 0.15) is 0 Å². The van der Waals surface area contributed by atoms with Crippen molar-refractivity contribution in [3.8, 4) is 0 Å². The van der Waals surface area contributed by atoms with Gasteiger partial charge in [0.15, 0.2) is 5.97 Å². The molecule has 0 heterocycles. The molecule has 2 atom stereocenters. The normalized spacial score (nSPS) is 23.2. The van der Waals surface area contributed by atoms with Crippen LogP contribution in [0.25, 0.3) is 11.5 Å². The SMILES string of the molecule is CC(=[C-]C(=O)O)C(=O)O.[NH-]C1CCCCC1[NH-].[Pt]. The summed E-state index contributed by atoms with van der Waals surface area (Å²) >= 11 is 0. The third-order valence-electron chi connectivity index (χ3n) is 2.38. The van der Waals surface area contributed by atoms with Crippen LogP contribution in [0.3, 0.4) is 0 Å². The first kappa shape index (κ1) is 19.6. The van der Waals surface area contributed by atoms with Gasteiger partial charge >= 0.3 is 0 Å². The van der Waals surface area contributed by atoms with Gasteiger partial charge in [-0.1, -0.05) is 32.6 Å². The molecule has 0 radical (unpaired) electrons. The van der Waals surface area contributed by atoms with E-state index in [0.717, 1.165) is 19.8 Å². The minimum Gasteiger partial charge on any atom is -0.676 e. The summed E-state index contributed by atoms with van der Waals surface area (Å²) in [7, 11) is 0. The molecule has 1 fully saturated rings. The van der Waals surface area contributed by atoms with Gasteiger partial charge in [-0.05, 0) is 0 Å². The zero-order valence-electron chi connectivity index (χ0n) is 10.0. The Labute approximate surface area is 121 Å². The van der Waals surface area contributed by atoms with Crippen LogP contribution in [0, 0.1) is 6.08 Å². The fourth-order valence-corrected chi connectivity index (χ4v) is 1.34. The first-order valence-corrected chi connectivity index (χ1v) is 5.33. The Bertz CT molecular complexity index is 297. The maximum absolute atomic E-state index is 9.87. The van der Waals surface area contributed by atoms with Gasteiger partial charge < -0.3 is 26.5 Å². The second-order valence-electron chi connectivity index (χ2n) is 3.86. The number of nitrogens with one attached hydrogen (secondary N) is 2. The largest absolute Gasteiger partial charge is 0.676 e. The molecule has 0 aromatic heterocycles. The van der Waals surface area contributed by atoms with E-state index >= 15 is 0 Å². The molecule has 0 aromatic carbocycles. The predicted octanol–water partition coefficient (Wildman–Crippen LogP) is 2.30. The van der Waals surface area contributed by atoms with Crippen LogP contribution in [-0.2, 0) is 30.7 Å². The zero-order chi connectivity index (χ0) is 13.4. The van der Waals surface area contributed by atoms with E-state index in [0.29, 0.717) is 0 Å². The van der Waals surface area contributed by atoms with Crippen molar-refractivity contribution in [3.05, 3.63) is 23.1 Å². The van der Waals surface area contributed by atoms with Crippen molar-refractivity contribution in [2.24, 2.45) is 0 Å². The van der Waals surface area contributed by atoms with Crippen molar-refractivity contribution in [1.29, 1.82) is 0 Å². The van der Waals surface area contributed by atoms with Gasteiger partial charge in [-0.2, -0.15) is 18.2 Å². The van der Waals surface area contributed by atoms with E-state index in [1.54, 1.807) is 6.08 Å². The van der Waals surface area contributed by atoms with E-state index in [4.69, 9.17) is 21.7 Å². The standard InChI is InChI=1S/C6H12N2.C5H5O4.Pt/c7-5-3-1-2-4-6(5)8;1-3(5(8)9)2-4(6)7;/h5-8H,1-4H2;1H3,(H,6,7)(H,8,9);/q-2;-1;. The average Bonchev–Trinajstić information content (AvgIpc) is 2.22. The molecule has 0 aromatic rings. The van der Waals surface area contributed by atoms with Crippen LogP contribution >= 0.6 is 0 Å². The molecule has 108 valence electrons. The van der Waals surface area contributed by atoms with Gasteiger partial charge in [0.25, 0.3) is 0 Å². The van der Waals surface area contributed by atoms with E-state index < -0.39 is 11.9 Å². The molecule has 4 N–H and O–H groups in total. The second kappa shape index (κ2) is 10.2. The molecule has 0 aliphatic heterocycles. The third-order valence-corrected chi connectivity index (χ3v) is 2.38. The Morgan fingerprint density at radius 1 is 1.11 bits per heavy atom. The van der Waals surface area contributed by atoms with Gasteiger partial charge in [0, 0.05) is 21.1 Å². The Morgan fingerprint density at radius 3 is 1.67 bits per heavy atom. The van der Waals surface area contributed by atoms with Crippen LogP contribution < -0.4 is 0 Å². The zero-order valence-corrected chi connectivity index (χ0v) is 12.3. The summed E-state index contributed by atoms with van der Waals surface area (Å²) in [5.74, 6) is -2.63. The number of carboxylic acids is 2. The molecule has 0 bridgehead atoms. The summed E-state index contributed by atoms with van der Waals surface area (Å²) in [5.41, 5.74) is 14.3. The van der Waals surface area contributed by atoms with Crippen molar-refractivity contribution in [2.45, 2.75) is 44.7 Å². The van der Waals surface area contributed by atoms with E-state index in [1.807, 2.05) is 0 Å². The maximum Gasteiger partial charge on any atom is 0.235 e. The summed E-state index contributed by atoms with van der Waals surface area (Å²) in [4.78, 5) is 19.6. The molecule has 0 spiro atoms. The number of carbonyl (C=O) groups is 2. The number of carboxylic acid groups (broad SMARTS) is 2. The first-order chi connectivity index (χ1) is 7.84. The number of aliphatic carboxylic acids is 2. The van der Waals surface area contributed by atoms with Crippen molar-refractivity contribution >= 4 is 11.9 Å². The quantitative estimate of drug-likeness (QED) is 0.509. The van der Waals surface area contributed by atoms with E-state index in [2.05, 4.69) is 0 Å². The van der Waals surface area contributed by atoms with E-state index in [9.17, 15) is 9.59 Å². The van der Waals surface area contributed by atoms with E-state index in [-0.39, 0.29) is 38.7 Å². The second-order valence-corrected chi connectivity index (χ2v) is 3.86. The smallest absolute Gasteiger partial charge is 0.235 e. The third kappa shape index (κ3) is 9.33. The van der Waals surface area contributed by atoms with Crippen molar-refractivity contribution in [3.63, 3.8) is 0 Å². The molecule has 6 nitrogen and oxygen atoms in total. The van der Waals surface area contributed by atoms with Crippen LogP contribution in [-0.4, -0.2) is 34.2 Å². The van der Waals surface area contributed by atoms with Crippen LogP contribution in [0.15, 0.2) is 5.57 Å². The van der Waals surface area contributed by atoms with E-state index in [1.165, 1.54) is 12.8 Å². The Balaban J connectivity index is 0. The number of hydrogen-bond donors (Lipinski definition) is 2. The van der Waals surface area contributed by atoms with Gasteiger partial charge in [0.05, 0.1) is 0 Å². The summed E-state index contributed by atoms with van der Waals surface area (Å²) in [6, 6.07) is -0.160. The monoisotopic (exact) mass is 436 g/mol. The van der Waals surface area contributed by atoms with Crippen LogP contribution in [0.4, 0.5) is 0 Å². The molecular weight excluding hydrogens is 419 g/mol. The molecule has 0 saturated heterocycles. The van der Waals surface area contributed by atoms with Gasteiger partial charge in [-0.15, -0.1) is 5.57 Å². The average molecular weight is 436 g/mol. The predicted molar refractivity (Wildman–Crippen MR) is 62.4 cm³/mol. The summed E-state index contributed by atoms with van der Waals surface area (Å²) in [6.07, 6.45) is 5.92. The number of hydrogen-bond acceptors (Lipinski definition) is 2. The topological polar surface area (TPSA) is 122 Å². The van der Waals surface area contributed by atoms with Gasteiger partial charge in [0.2, 0.25) is 5.97 Å². The Hall–Kier alpha value is -0.712. The van der Waals surface area contributed by atoms with Crippen LogP contribution in [0.5, 0.6) is 0 Å². The van der Waals surface area contributed by atoms with Crippen molar-refractivity contribution in [2.75, 3.05) is 0 Å². The number of rotatable bonds is 2. The van der Waals surface area contributed by atoms with Crippen molar-refractivity contribution < 1.29 is 40.9 Å². The molecule has 0 amide bonds. The minimum atomic E-state index is -1.37. The molecule has 7 heteroatoms. The summed E-state index contributed by atoms with van der Waals surface area (Å²) in [6.45, 7) is 1.16. The molecule has 18 heavy (non-hydrogen) atoms. The summed E-state index contributed by atoms with van der Waals surface area (Å²) < 4.78 is 0. The molecular formula is C11H17N2O4Pt-3.